The van der Waals surface area contributed by atoms with Gasteiger partial charge in [-0.05, 0) is 26.0 Å². The second kappa shape index (κ2) is 8.43. The van der Waals surface area contributed by atoms with Gasteiger partial charge in [-0.3, -0.25) is 0 Å². The molecule has 0 saturated carbocycles. The van der Waals surface area contributed by atoms with Crippen LogP contribution < -0.4 is 15.4 Å². The Morgan fingerprint density at radius 2 is 2.17 bits per heavy atom. The largest absolute Gasteiger partial charge is 0.487 e. The molecule has 2 atom stereocenters. The number of carbonyl (C=O) groups is 1. The van der Waals surface area contributed by atoms with Crippen molar-refractivity contribution in [2.24, 2.45) is 0 Å². The number of nitrogens with zero attached hydrogens (tertiary/aromatic N) is 2. The average Bonchev–Trinajstić information content (AvgIpc) is 3.00. The van der Waals surface area contributed by atoms with E-state index >= 15 is 0 Å². The summed E-state index contributed by atoms with van der Waals surface area (Å²) in [6.07, 6.45) is 5.09. The quantitative estimate of drug-likeness (QED) is 0.816. The van der Waals surface area contributed by atoms with Crippen LogP contribution >= 0.6 is 11.6 Å². The van der Waals surface area contributed by atoms with Crippen LogP contribution in [0.2, 0.25) is 5.02 Å². The standard InChI is InChI=1S/C16H21ClN4O2/c1-12(10-21-8-7-18-11-21)20-16(22)19-9-13(2)23-15-6-4-3-5-14(15)17/h3-8,11-13H,9-10H2,1-2H3,(H2,19,20,22)/t12-,13+/m1/s1. The molecule has 0 aliphatic rings. The van der Waals surface area contributed by atoms with E-state index in [9.17, 15) is 4.79 Å². The highest BCUT2D eigenvalue weighted by Crippen LogP contribution is 2.23. The van der Waals surface area contributed by atoms with Crippen molar-refractivity contribution in [2.75, 3.05) is 6.54 Å². The molecule has 0 spiro atoms. The number of nitrogens with one attached hydrogen (secondary N) is 2. The van der Waals surface area contributed by atoms with Crippen molar-refractivity contribution in [2.45, 2.75) is 32.5 Å². The molecule has 1 aromatic heterocycles. The fourth-order valence-electron chi connectivity index (χ4n) is 2.07. The number of urea groups is 1. The van der Waals surface area contributed by atoms with Gasteiger partial charge >= 0.3 is 6.03 Å². The van der Waals surface area contributed by atoms with Gasteiger partial charge in [0.05, 0.1) is 17.9 Å². The Bertz CT molecular complexity index is 618. The number of halogens is 1. The summed E-state index contributed by atoms with van der Waals surface area (Å²) in [6.45, 7) is 4.86. The molecule has 2 aromatic rings. The van der Waals surface area contributed by atoms with E-state index in [1.54, 1.807) is 24.7 Å². The summed E-state index contributed by atoms with van der Waals surface area (Å²) in [6, 6.07) is 7.02. The normalized spacial score (nSPS) is 13.2. The summed E-state index contributed by atoms with van der Waals surface area (Å²) in [4.78, 5) is 15.8. The fraction of sp³-hybridized carbons (Fsp3) is 0.375. The molecule has 0 radical (unpaired) electrons. The second-order valence-electron chi connectivity index (χ2n) is 5.37. The zero-order valence-corrected chi connectivity index (χ0v) is 14.0. The molecule has 6 nitrogen and oxygen atoms in total. The van der Waals surface area contributed by atoms with Crippen molar-refractivity contribution < 1.29 is 9.53 Å². The monoisotopic (exact) mass is 336 g/mol. The molecule has 0 bridgehead atoms. The number of ether oxygens (including phenoxy) is 1. The van der Waals surface area contributed by atoms with Crippen LogP contribution in [0.4, 0.5) is 4.79 Å². The number of hydrogen-bond donors (Lipinski definition) is 2. The molecule has 1 heterocycles. The van der Waals surface area contributed by atoms with Crippen molar-refractivity contribution in [3.05, 3.63) is 48.0 Å². The molecule has 7 heteroatoms. The molecular formula is C16H21ClN4O2. The number of amides is 2. The predicted octanol–water partition coefficient (Wildman–Crippen LogP) is 2.69. The molecule has 1 aromatic carbocycles. The number of carbonyl (C=O) groups excluding carboxylic acids is 1. The molecule has 0 aliphatic heterocycles. The fourth-order valence-corrected chi connectivity index (χ4v) is 2.25. The number of benzene rings is 1. The molecular weight excluding hydrogens is 316 g/mol. The zero-order valence-electron chi connectivity index (χ0n) is 13.2. The van der Waals surface area contributed by atoms with E-state index in [4.69, 9.17) is 16.3 Å². The first-order valence-corrected chi connectivity index (χ1v) is 7.83. The first-order chi connectivity index (χ1) is 11.0. The molecule has 2 rings (SSSR count). The van der Waals surface area contributed by atoms with Crippen molar-refractivity contribution in [3.63, 3.8) is 0 Å². The lowest BCUT2D eigenvalue weighted by Crippen LogP contribution is -2.45. The van der Waals surface area contributed by atoms with Gasteiger partial charge in [-0.25, -0.2) is 9.78 Å². The van der Waals surface area contributed by atoms with Gasteiger partial charge in [-0.1, -0.05) is 23.7 Å². The van der Waals surface area contributed by atoms with E-state index in [1.165, 1.54) is 0 Å². The summed E-state index contributed by atoms with van der Waals surface area (Å²) in [7, 11) is 0. The van der Waals surface area contributed by atoms with E-state index in [0.29, 0.717) is 23.9 Å². The summed E-state index contributed by atoms with van der Waals surface area (Å²) >= 11 is 6.04. The molecule has 2 amide bonds. The highest BCUT2D eigenvalue weighted by molar-refractivity contribution is 6.32. The molecule has 23 heavy (non-hydrogen) atoms. The third kappa shape index (κ3) is 5.83. The van der Waals surface area contributed by atoms with E-state index in [1.807, 2.05) is 36.7 Å². The third-order valence-electron chi connectivity index (χ3n) is 3.14. The SMILES string of the molecule is C[C@H](Cn1ccnc1)NC(=O)NC[C@H](C)Oc1ccccc1Cl. The molecule has 0 fully saturated rings. The lowest BCUT2D eigenvalue weighted by molar-refractivity contribution is 0.206. The van der Waals surface area contributed by atoms with Crippen LogP contribution in [-0.2, 0) is 6.54 Å². The van der Waals surface area contributed by atoms with Crippen LogP contribution in [-0.4, -0.2) is 34.3 Å². The van der Waals surface area contributed by atoms with Gasteiger partial charge < -0.3 is 19.9 Å². The van der Waals surface area contributed by atoms with E-state index < -0.39 is 0 Å². The predicted molar refractivity (Wildman–Crippen MR) is 89.8 cm³/mol. The van der Waals surface area contributed by atoms with Crippen molar-refractivity contribution in [1.29, 1.82) is 0 Å². The van der Waals surface area contributed by atoms with Crippen molar-refractivity contribution in [1.82, 2.24) is 20.2 Å². The number of para-hydroxylation sites is 1. The maximum Gasteiger partial charge on any atom is 0.315 e. The number of imidazole rings is 1. The highest BCUT2D eigenvalue weighted by atomic mass is 35.5. The summed E-state index contributed by atoms with van der Waals surface area (Å²) < 4.78 is 7.61. The van der Waals surface area contributed by atoms with Gasteiger partial charge in [-0.2, -0.15) is 0 Å². The van der Waals surface area contributed by atoms with E-state index in [-0.39, 0.29) is 18.2 Å². The van der Waals surface area contributed by atoms with E-state index in [2.05, 4.69) is 15.6 Å². The second-order valence-corrected chi connectivity index (χ2v) is 5.78. The van der Waals surface area contributed by atoms with Crippen LogP contribution in [0, 0.1) is 0 Å². The Morgan fingerprint density at radius 3 is 2.87 bits per heavy atom. The van der Waals surface area contributed by atoms with Gasteiger partial charge in [0, 0.05) is 25.0 Å². The van der Waals surface area contributed by atoms with Gasteiger partial charge in [0.15, 0.2) is 0 Å². The molecule has 124 valence electrons. The Kier molecular flexibility index (Phi) is 6.29. The lowest BCUT2D eigenvalue weighted by atomic mass is 10.3. The van der Waals surface area contributed by atoms with Crippen LogP contribution in [0.3, 0.4) is 0 Å². The maximum atomic E-state index is 11.9. The molecule has 0 saturated heterocycles. The van der Waals surface area contributed by atoms with E-state index in [0.717, 1.165) is 0 Å². The summed E-state index contributed by atoms with van der Waals surface area (Å²) in [5, 5.41) is 6.21. The average molecular weight is 337 g/mol. The Morgan fingerprint density at radius 1 is 1.39 bits per heavy atom. The Hall–Kier alpha value is -2.21. The van der Waals surface area contributed by atoms with Crippen molar-refractivity contribution >= 4 is 17.6 Å². The number of aromatic nitrogens is 2. The molecule has 2 N–H and O–H groups in total. The van der Waals surface area contributed by atoms with Gasteiger partial charge in [-0.15, -0.1) is 0 Å². The van der Waals surface area contributed by atoms with Crippen LogP contribution in [0.15, 0.2) is 43.0 Å². The summed E-state index contributed by atoms with van der Waals surface area (Å²) in [5.74, 6) is 0.609. The zero-order chi connectivity index (χ0) is 16.7. The van der Waals surface area contributed by atoms with Crippen LogP contribution in [0.5, 0.6) is 5.75 Å². The highest BCUT2D eigenvalue weighted by Gasteiger charge is 2.11. The number of rotatable bonds is 7. The molecule has 0 unspecified atom stereocenters. The first-order valence-electron chi connectivity index (χ1n) is 7.46. The maximum absolute atomic E-state index is 11.9. The Balaban J connectivity index is 1.70. The molecule has 0 aliphatic carbocycles. The number of hydrogen-bond acceptors (Lipinski definition) is 3. The summed E-state index contributed by atoms with van der Waals surface area (Å²) in [5.41, 5.74) is 0. The van der Waals surface area contributed by atoms with Crippen LogP contribution in [0.25, 0.3) is 0 Å². The smallest absolute Gasteiger partial charge is 0.315 e. The van der Waals surface area contributed by atoms with Gasteiger partial charge in [0.2, 0.25) is 0 Å². The van der Waals surface area contributed by atoms with Gasteiger partial charge in [0.1, 0.15) is 11.9 Å². The minimum absolute atomic E-state index is 0.0102. The minimum atomic E-state index is -0.229. The van der Waals surface area contributed by atoms with Crippen molar-refractivity contribution in [3.8, 4) is 5.75 Å². The third-order valence-corrected chi connectivity index (χ3v) is 3.45. The Labute approximate surface area is 140 Å². The lowest BCUT2D eigenvalue weighted by Gasteiger charge is -2.18. The minimum Gasteiger partial charge on any atom is -0.487 e. The van der Waals surface area contributed by atoms with Gasteiger partial charge in [0.25, 0.3) is 0 Å². The first kappa shape index (κ1) is 17.1. The van der Waals surface area contributed by atoms with Crippen LogP contribution in [0.1, 0.15) is 13.8 Å². The topological polar surface area (TPSA) is 68.2 Å².